The van der Waals surface area contributed by atoms with Crippen molar-refractivity contribution in [2.75, 3.05) is 17.6 Å². The number of halogens is 1. The first-order chi connectivity index (χ1) is 8.08. The van der Waals surface area contributed by atoms with Gasteiger partial charge in [0.2, 0.25) is 0 Å². The second kappa shape index (κ2) is 7.34. The maximum atomic E-state index is 5.98. The van der Waals surface area contributed by atoms with Crippen LogP contribution in [-0.2, 0) is 15.1 Å². The largest absolute Gasteiger partial charge is 0.376 e. The minimum atomic E-state index is -0.220. The third-order valence-corrected chi connectivity index (χ3v) is 4.05. The second-order valence-electron chi connectivity index (χ2n) is 4.50. The van der Waals surface area contributed by atoms with Crippen LogP contribution < -0.4 is 0 Å². The van der Waals surface area contributed by atoms with E-state index in [-0.39, 0.29) is 11.7 Å². The minimum absolute atomic E-state index is 0.220. The van der Waals surface area contributed by atoms with E-state index in [1.807, 2.05) is 32.0 Å². The van der Waals surface area contributed by atoms with Crippen LogP contribution in [0.25, 0.3) is 0 Å². The lowest BCUT2D eigenvalue weighted by Crippen LogP contribution is -2.29. The van der Waals surface area contributed by atoms with Gasteiger partial charge < -0.3 is 9.47 Å². The molecule has 0 saturated carbocycles. The first-order valence-corrected chi connectivity index (χ1v) is 7.48. The Kier molecular flexibility index (Phi) is 6.44. The standard InChI is InChI=1S/C14H21IO2/c1-12(2)16-9-10-17-14(3,11-15)13-7-5-4-6-8-13/h4-8,12H,9-11H2,1-3H3. The molecule has 1 aromatic rings. The zero-order valence-corrected chi connectivity index (χ0v) is 12.9. The average Bonchev–Trinajstić information content (AvgIpc) is 2.35. The van der Waals surface area contributed by atoms with E-state index in [0.717, 1.165) is 4.43 Å². The molecule has 0 N–H and O–H groups in total. The summed E-state index contributed by atoms with van der Waals surface area (Å²) in [5.41, 5.74) is 1.00. The van der Waals surface area contributed by atoms with Gasteiger partial charge >= 0.3 is 0 Å². The van der Waals surface area contributed by atoms with Gasteiger partial charge in [-0.3, -0.25) is 0 Å². The predicted molar refractivity (Wildman–Crippen MR) is 79.7 cm³/mol. The Morgan fingerprint density at radius 3 is 2.35 bits per heavy atom. The van der Waals surface area contributed by atoms with Crippen LogP contribution in [0.15, 0.2) is 30.3 Å². The van der Waals surface area contributed by atoms with E-state index in [0.29, 0.717) is 13.2 Å². The third kappa shape index (κ3) is 4.94. The molecule has 1 aromatic carbocycles. The molecule has 17 heavy (non-hydrogen) atoms. The van der Waals surface area contributed by atoms with Crippen molar-refractivity contribution in [3.63, 3.8) is 0 Å². The molecule has 1 unspecified atom stereocenters. The molecule has 0 aromatic heterocycles. The van der Waals surface area contributed by atoms with Crippen molar-refractivity contribution in [3.8, 4) is 0 Å². The van der Waals surface area contributed by atoms with Crippen LogP contribution in [0.1, 0.15) is 26.3 Å². The summed E-state index contributed by atoms with van der Waals surface area (Å²) in [7, 11) is 0. The molecule has 0 radical (unpaired) electrons. The quantitative estimate of drug-likeness (QED) is 0.424. The molecule has 0 fully saturated rings. The van der Waals surface area contributed by atoms with Crippen molar-refractivity contribution in [1.82, 2.24) is 0 Å². The van der Waals surface area contributed by atoms with Gasteiger partial charge in [0, 0.05) is 4.43 Å². The lowest BCUT2D eigenvalue weighted by atomic mass is 9.98. The van der Waals surface area contributed by atoms with Crippen LogP contribution in [-0.4, -0.2) is 23.7 Å². The predicted octanol–water partition coefficient (Wildman–Crippen LogP) is 3.78. The Labute approximate surface area is 118 Å². The zero-order chi connectivity index (χ0) is 12.7. The Morgan fingerprint density at radius 2 is 1.82 bits per heavy atom. The van der Waals surface area contributed by atoms with Crippen molar-refractivity contribution >= 4 is 22.6 Å². The molecule has 3 heteroatoms. The van der Waals surface area contributed by atoms with Gasteiger partial charge in [-0.25, -0.2) is 0 Å². The van der Waals surface area contributed by atoms with Crippen LogP contribution >= 0.6 is 22.6 Å². The highest BCUT2D eigenvalue weighted by atomic mass is 127. The maximum Gasteiger partial charge on any atom is 0.0993 e. The molecule has 0 heterocycles. The van der Waals surface area contributed by atoms with E-state index in [4.69, 9.17) is 9.47 Å². The van der Waals surface area contributed by atoms with Gasteiger partial charge in [-0.05, 0) is 26.3 Å². The molecule has 0 amide bonds. The van der Waals surface area contributed by atoms with Gasteiger partial charge in [-0.15, -0.1) is 0 Å². The van der Waals surface area contributed by atoms with E-state index in [2.05, 4.69) is 41.6 Å². The summed E-state index contributed by atoms with van der Waals surface area (Å²) in [4.78, 5) is 0. The van der Waals surface area contributed by atoms with Crippen LogP contribution in [0.3, 0.4) is 0 Å². The molecule has 0 aliphatic rings. The summed E-state index contributed by atoms with van der Waals surface area (Å²) < 4.78 is 12.4. The van der Waals surface area contributed by atoms with Gasteiger partial charge in [0.15, 0.2) is 0 Å². The zero-order valence-electron chi connectivity index (χ0n) is 10.8. The second-order valence-corrected chi connectivity index (χ2v) is 5.26. The molecule has 1 atom stereocenters. The number of ether oxygens (including phenoxy) is 2. The number of hydrogen-bond acceptors (Lipinski definition) is 2. The van der Waals surface area contributed by atoms with Gasteiger partial charge in [-0.1, -0.05) is 52.9 Å². The normalized spacial score (nSPS) is 14.9. The monoisotopic (exact) mass is 348 g/mol. The smallest absolute Gasteiger partial charge is 0.0993 e. The summed E-state index contributed by atoms with van der Waals surface area (Å²) in [5.74, 6) is 0. The topological polar surface area (TPSA) is 18.5 Å². The number of alkyl halides is 1. The fourth-order valence-corrected chi connectivity index (χ4v) is 2.20. The molecule has 2 nitrogen and oxygen atoms in total. The van der Waals surface area contributed by atoms with E-state index in [1.165, 1.54) is 5.56 Å². The van der Waals surface area contributed by atoms with Crippen LogP contribution in [0.5, 0.6) is 0 Å². The Hall–Kier alpha value is -0.130. The highest BCUT2D eigenvalue weighted by Crippen LogP contribution is 2.27. The summed E-state index contributed by atoms with van der Waals surface area (Å²) in [6.45, 7) is 7.48. The highest BCUT2D eigenvalue weighted by Gasteiger charge is 2.25. The molecular formula is C14H21IO2. The Balaban J connectivity index is 2.52. The Bertz CT molecular complexity index is 313. The number of benzene rings is 1. The third-order valence-electron chi connectivity index (χ3n) is 2.59. The van der Waals surface area contributed by atoms with Crippen molar-refractivity contribution < 1.29 is 9.47 Å². The van der Waals surface area contributed by atoms with Crippen LogP contribution in [0, 0.1) is 0 Å². The van der Waals surface area contributed by atoms with E-state index >= 15 is 0 Å². The lowest BCUT2D eigenvalue weighted by Gasteiger charge is -2.28. The van der Waals surface area contributed by atoms with Crippen LogP contribution in [0.2, 0.25) is 0 Å². The SMILES string of the molecule is CC(C)OCCOC(C)(CI)c1ccccc1. The molecule has 0 aliphatic carbocycles. The van der Waals surface area contributed by atoms with Gasteiger partial charge in [0.1, 0.15) is 0 Å². The van der Waals surface area contributed by atoms with Gasteiger partial charge in [0.25, 0.3) is 0 Å². The molecule has 0 spiro atoms. The van der Waals surface area contributed by atoms with Crippen molar-refractivity contribution in [3.05, 3.63) is 35.9 Å². The summed E-state index contributed by atoms with van der Waals surface area (Å²) in [6.07, 6.45) is 0.265. The summed E-state index contributed by atoms with van der Waals surface area (Å²) in [6, 6.07) is 10.4. The molecule has 96 valence electrons. The molecule has 0 aliphatic heterocycles. The average molecular weight is 348 g/mol. The van der Waals surface area contributed by atoms with Crippen LogP contribution in [0.4, 0.5) is 0 Å². The maximum absolute atomic E-state index is 5.98. The molecule has 0 bridgehead atoms. The van der Waals surface area contributed by atoms with E-state index in [9.17, 15) is 0 Å². The number of hydrogen-bond donors (Lipinski definition) is 0. The number of rotatable bonds is 7. The highest BCUT2D eigenvalue weighted by molar-refractivity contribution is 14.1. The molecule has 1 rings (SSSR count). The van der Waals surface area contributed by atoms with E-state index in [1.54, 1.807) is 0 Å². The van der Waals surface area contributed by atoms with Crippen molar-refractivity contribution in [1.29, 1.82) is 0 Å². The minimum Gasteiger partial charge on any atom is -0.376 e. The summed E-state index contributed by atoms with van der Waals surface area (Å²) >= 11 is 2.37. The molecular weight excluding hydrogens is 327 g/mol. The first-order valence-electron chi connectivity index (χ1n) is 5.95. The van der Waals surface area contributed by atoms with Gasteiger partial charge in [0.05, 0.1) is 24.9 Å². The summed E-state index contributed by atoms with van der Waals surface area (Å²) in [5, 5.41) is 0. The fraction of sp³-hybridized carbons (Fsp3) is 0.571. The van der Waals surface area contributed by atoms with Crippen molar-refractivity contribution in [2.24, 2.45) is 0 Å². The first kappa shape index (κ1) is 14.9. The van der Waals surface area contributed by atoms with E-state index < -0.39 is 0 Å². The molecule has 0 saturated heterocycles. The van der Waals surface area contributed by atoms with Gasteiger partial charge in [-0.2, -0.15) is 0 Å². The van der Waals surface area contributed by atoms with Crippen molar-refractivity contribution in [2.45, 2.75) is 32.5 Å². The lowest BCUT2D eigenvalue weighted by molar-refractivity contribution is -0.0544. The Morgan fingerprint density at radius 1 is 1.18 bits per heavy atom. The fourth-order valence-electron chi connectivity index (χ4n) is 1.54.